The Balaban J connectivity index is 1.92. The monoisotopic (exact) mass is 409 g/mol. The summed E-state index contributed by atoms with van der Waals surface area (Å²) in [7, 11) is 0. The normalized spacial score (nSPS) is 16.3. The molecule has 7 nitrogen and oxygen atoms in total. The van der Waals surface area contributed by atoms with Crippen LogP contribution >= 0.6 is 11.6 Å². The second-order valence-electron chi connectivity index (χ2n) is 7.15. The first kappa shape index (κ1) is 19.1. The molecule has 4 rings (SSSR count). The molecule has 8 heteroatoms. The summed E-state index contributed by atoms with van der Waals surface area (Å²) in [5, 5.41) is 17.3. The third kappa shape index (κ3) is 4.00. The van der Waals surface area contributed by atoms with Crippen molar-refractivity contribution in [3.8, 4) is 0 Å². The zero-order valence-electron chi connectivity index (χ0n) is 16.0. The van der Waals surface area contributed by atoms with Crippen molar-refractivity contribution in [1.82, 2.24) is 15.0 Å². The number of carboxylic acids is 1. The van der Waals surface area contributed by atoms with Crippen molar-refractivity contribution < 1.29 is 9.90 Å². The number of anilines is 2. The average molecular weight is 410 g/mol. The highest BCUT2D eigenvalue weighted by Gasteiger charge is 2.15. The number of alkyl halides is 1. The predicted octanol–water partition coefficient (Wildman–Crippen LogP) is 4.56. The minimum Gasteiger partial charge on any atom is -0.478 e. The Labute approximate surface area is 172 Å². The van der Waals surface area contributed by atoms with Gasteiger partial charge in [-0.25, -0.2) is 19.7 Å². The van der Waals surface area contributed by atoms with Crippen molar-refractivity contribution in [3.05, 3.63) is 53.9 Å². The van der Waals surface area contributed by atoms with Gasteiger partial charge < -0.3 is 15.7 Å². The van der Waals surface area contributed by atoms with Crippen molar-refractivity contribution in [2.45, 2.75) is 31.7 Å². The number of hydrogen-bond donors (Lipinski definition) is 3. The van der Waals surface area contributed by atoms with Gasteiger partial charge in [-0.05, 0) is 44.6 Å². The highest BCUT2D eigenvalue weighted by Crippen LogP contribution is 2.30. The summed E-state index contributed by atoms with van der Waals surface area (Å²) in [5.41, 5.74) is 2.18. The Hall–Kier alpha value is -3.19. The molecule has 0 saturated carbocycles. The first-order chi connectivity index (χ1) is 13.9. The van der Waals surface area contributed by atoms with E-state index in [9.17, 15) is 9.90 Å². The van der Waals surface area contributed by atoms with Crippen LogP contribution in [0.1, 0.15) is 30.6 Å². The number of carbonyl (C=O) groups is 1. The summed E-state index contributed by atoms with van der Waals surface area (Å²) in [6, 6.07) is 5.03. The Morgan fingerprint density at radius 1 is 1.28 bits per heavy atom. The summed E-state index contributed by atoms with van der Waals surface area (Å²) in [6.07, 6.45) is 8.36. The summed E-state index contributed by atoms with van der Waals surface area (Å²) < 4.78 is 0. The van der Waals surface area contributed by atoms with Crippen molar-refractivity contribution in [3.63, 3.8) is 0 Å². The fourth-order valence-corrected chi connectivity index (χ4v) is 3.43. The lowest BCUT2D eigenvalue weighted by atomic mass is 10.1. The predicted molar refractivity (Wildman–Crippen MR) is 116 cm³/mol. The number of rotatable bonds is 5. The van der Waals surface area contributed by atoms with Crippen LogP contribution in [-0.4, -0.2) is 37.4 Å². The number of hydrogen-bond acceptors (Lipinski definition) is 6. The molecule has 1 aliphatic rings. The molecule has 3 N–H and O–H groups in total. The Bertz CT molecular complexity index is 1170. The number of aromatic nitrogens is 3. The number of aromatic carboxylic acids is 1. The zero-order chi connectivity index (χ0) is 20.5. The molecule has 0 spiro atoms. The van der Waals surface area contributed by atoms with E-state index in [4.69, 9.17) is 11.6 Å². The topological polar surface area (TPSA) is 100 Å². The van der Waals surface area contributed by atoms with E-state index >= 15 is 0 Å². The molecule has 29 heavy (non-hydrogen) atoms. The number of allylic oxidation sites excluding steroid dienone is 3. The highest BCUT2D eigenvalue weighted by molar-refractivity contribution is 6.22. The van der Waals surface area contributed by atoms with E-state index in [0.717, 1.165) is 22.9 Å². The van der Waals surface area contributed by atoms with Crippen LogP contribution in [0.25, 0.3) is 21.8 Å². The van der Waals surface area contributed by atoms with Gasteiger partial charge in [0.2, 0.25) is 5.95 Å². The van der Waals surface area contributed by atoms with Crippen molar-refractivity contribution >= 4 is 51.1 Å². The average Bonchev–Trinajstić information content (AvgIpc) is 2.67. The first-order valence-electron chi connectivity index (χ1n) is 9.30. The van der Waals surface area contributed by atoms with Crippen LogP contribution in [0, 0.1) is 0 Å². The molecule has 1 atom stereocenters. The fourth-order valence-electron chi connectivity index (χ4n) is 3.20. The second-order valence-corrected chi connectivity index (χ2v) is 7.71. The standard InChI is InChI=1S/C21H20ClN5O2/c1-11(2)24-21-23-10-16-15-7-6-12(20(28)29)8-17(15)26-19(18(16)27-21)25-14-5-3-4-13(22)9-14/h3,5-11,13H,4H2,1-2H3,(H,25,26)(H,28,29)(H,23,24,27). The lowest BCUT2D eigenvalue weighted by Gasteiger charge is -2.16. The summed E-state index contributed by atoms with van der Waals surface area (Å²) in [4.78, 5) is 25.1. The van der Waals surface area contributed by atoms with Crippen LogP contribution in [0.15, 0.2) is 48.3 Å². The van der Waals surface area contributed by atoms with Gasteiger partial charge in [0.05, 0.1) is 16.5 Å². The molecule has 0 saturated heterocycles. The van der Waals surface area contributed by atoms with Crippen LogP contribution in [0.4, 0.5) is 11.8 Å². The number of benzene rings is 1. The SMILES string of the molecule is CC(C)Nc1ncc2c(n1)c(NC1=CC(Cl)CC=C1)nc1cc(C(=O)O)ccc12. The van der Waals surface area contributed by atoms with Gasteiger partial charge in [0.25, 0.3) is 0 Å². The van der Waals surface area contributed by atoms with Crippen molar-refractivity contribution in [2.24, 2.45) is 0 Å². The summed E-state index contributed by atoms with van der Waals surface area (Å²) in [6.45, 7) is 4.02. The number of nitrogens with one attached hydrogen (secondary N) is 2. The van der Waals surface area contributed by atoms with Gasteiger partial charge in [0, 0.05) is 28.7 Å². The minimum atomic E-state index is -1.00. The smallest absolute Gasteiger partial charge is 0.335 e. The maximum absolute atomic E-state index is 11.4. The molecule has 2 aromatic heterocycles. The molecule has 2 heterocycles. The fraction of sp³-hybridized carbons (Fsp3) is 0.238. The molecule has 0 radical (unpaired) electrons. The highest BCUT2D eigenvalue weighted by atomic mass is 35.5. The van der Waals surface area contributed by atoms with Crippen LogP contribution in [0.2, 0.25) is 0 Å². The van der Waals surface area contributed by atoms with E-state index in [1.165, 1.54) is 0 Å². The number of halogens is 1. The molecular formula is C21H20ClN5O2. The van der Waals surface area contributed by atoms with E-state index in [1.54, 1.807) is 24.4 Å². The van der Waals surface area contributed by atoms with Crippen LogP contribution in [0.3, 0.4) is 0 Å². The van der Waals surface area contributed by atoms with E-state index in [-0.39, 0.29) is 17.0 Å². The maximum atomic E-state index is 11.4. The number of fused-ring (bicyclic) bond motifs is 3. The van der Waals surface area contributed by atoms with Crippen molar-refractivity contribution in [1.29, 1.82) is 0 Å². The van der Waals surface area contributed by atoms with Gasteiger partial charge in [-0.2, -0.15) is 0 Å². The van der Waals surface area contributed by atoms with Gasteiger partial charge in [0.15, 0.2) is 5.82 Å². The number of carboxylic acid groups (broad SMARTS) is 1. The van der Waals surface area contributed by atoms with Crippen molar-refractivity contribution in [2.75, 3.05) is 10.6 Å². The van der Waals surface area contributed by atoms with E-state index < -0.39 is 5.97 Å². The molecular weight excluding hydrogens is 390 g/mol. The minimum absolute atomic E-state index is 0.0966. The van der Waals surface area contributed by atoms with Crippen LogP contribution < -0.4 is 10.6 Å². The molecule has 3 aromatic rings. The lowest BCUT2D eigenvalue weighted by Crippen LogP contribution is -2.13. The lowest BCUT2D eigenvalue weighted by molar-refractivity contribution is 0.0697. The Morgan fingerprint density at radius 2 is 2.10 bits per heavy atom. The molecule has 0 fully saturated rings. The quantitative estimate of drug-likeness (QED) is 0.419. The van der Waals surface area contributed by atoms with E-state index in [2.05, 4.69) is 25.6 Å². The Kier molecular flexibility index (Phi) is 5.07. The van der Waals surface area contributed by atoms with Gasteiger partial charge in [-0.15, -0.1) is 11.6 Å². The third-order valence-corrected chi connectivity index (χ3v) is 4.78. The maximum Gasteiger partial charge on any atom is 0.335 e. The van der Waals surface area contributed by atoms with Gasteiger partial charge in [-0.1, -0.05) is 12.1 Å². The number of pyridine rings is 1. The largest absolute Gasteiger partial charge is 0.478 e. The van der Waals surface area contributed by atoms with Gasteiger partial charge in [0.1, 0.15) is 5.52 Å². The molecule has 0 bridgehead atoms. The molecule has 0 aliphatic heterocycles. The van der Waals surface area contributed by atoms with Crippen LogP contribution in [0.5, 0.6) is 0 Å². The second kappa shape index (κ2) is 7.67. The van der Waals surface area contributed by atoms with E-state index in [0.29, 0.717) is 22.8 Å². The summed E-state index contributed by atoms with van der Waals surface area (Å²) >= 11 is 6.24. The third-order valence-electron chi connectivity index (χ3n) is 4.48. The van der Waals surface area contributed by atoms with Gasteiger partial charge in [-0.3, -0.25) is 0 Å². The van der Waals surface area contributed by atoms with E-state index in [1.807, 2.05) is 32.1 Å². The molecule has 0 amide bonds. The molecule has 148 valence electrons. The zero-order valence-corrected chi connectivity index (χ0v) is 16.7. The molecule has 1 unspecified atom stereocenters. The first-order valence-corrected chi connectivity index (χ1v) is 9.74. The van der Waals surface area contributed by atoms with Crippen LogP contribution in [-0.2, 0) is 0 Å². The molecule has 1 aliphatic carbocycles. The van der Waals surface area contributed by atoms with Gasteiger partial charge >= 0.3 is 5.97 Å². The summed E-state index contributed by atoms with van der Waals surface area (Å²) in [5.74, 6) is 0.0205. The molecule has 1 aromatic carbocycles. The number of nitrogens with zero attached hydrogens (tertiary/aromatic N) is 3. The Morgan fingerprint density at radius 3 is 2.83 bits per heavy atom.